The molecule has 1 aromatic heterocycles. The van der Waals surface area contributed by atoms with Crippen molar-refractivity contribution in [2.24, 2.45) is 0 Å². The maximum absolute atomic E-state index is 13.2. The Morgan fingerprint density at radius 1 is 0.800 bits per heavy atom. The summed E-state index contributed by atoms with van der Waals surface area (Å²) in [6.07, 6.45) is 1.21. The van der Waals surface area contributed by atoms with Gasteiger partial charge in [-0.2, -0.15) is 0 Å². The first-order valence-corrected chi connectivity index (χ1v) is 13.1. The van der Waals surface area contributed by atoms with E-state index >= 15 is 0 Å². The molecule has 8 heteroatoms. The highest BCUT2D eigenvalue weighted by atomic mass is 16.6. The molecule has 0 fully saturated rings. The molecule has 0 unspecified atom stereocenters. The topological polar surface area (TPSA) is 95.9 Å². The van der Waals surface area contributed by atoms with E-state index in [4.69, 9.17) is 14.2 Å². The van der Waals surface area contributed by atoms with Crippen LogP contribution in [0.15, 0.2) is 91.1 Å². The van der Waals surface area contributed by atoms with E-state index in [-0.39, 0.29) is 32.1 Å². The second kappa shape index (κ2) is 13.0. The first-order valence-electron chi connectivity index (χ1n) is 13.1. The number of esters is 2. The molecule has 4 rings (SSSR count). The van der Waals surface area contributed by atoms with Crippen LogP contribution in [0.3, 0.4) is 0 Å². The smallest absolute Gasteiger partial charge is 0.408 e. The van der Waals surface area contributed by atoms with E-state index in [1.807, 2.05) is 112 Å². The highest BCUT2D eigenvalue weighted by molar-refractivity contribution is 5.87. The Morgan fingerprint density at radius 2 is 1.38 bits per heavy atom. The Hall–Kier alpha value is -4.59. The molecule has 8 nitrogen and oxygen atoms in total. The van der Waals surface area contributed by atoms with Crippen LogP contribution < -0.4 is 5.32 Å². The SMILES string of the molecule is CC(C)(C)OC(=O)Cn1cc(C[C@H](NC(=O)OCc2ccccc2)C(=O)OCc2ccccc2)c2ccccc21. The molecule has 0 aliphatic heterocycles. The lowest BCUT2D eigenvalue weighted by Crippen LogP contribution is -2.43. The van der Waals surface area contributed by atoms with Crippen LogP contribution >= 0.6 is 0 Å². The Kier molecular flexibility index (Phi) is 9.22. The number of fused-ring (bicyclic) bond motifs is 1. The number of alkyl carbamates (subject to hydrolysis) is 1. The number of benzene rings is 3. The lowest BCUT2D eigenvalue weighted by molar-refractivity contribution is -0.155. The van der Waals surface area contributed by atoms with Crippen molar-refractivity contribution in [1.29, 1.82) is 0 Å². The summed E-state index contributed by atoms with van der Waals surface area (Å²) in [5.74, 6) is -0.967. The van der Waals surface area contributed by atoms with Crippen LogP contribution in [0.2, 0.25) is 0 Å². The molecule has 1 amide bonds. The number of aromatic nitrogens is 1. The zero-order valence-electron chi connectivity index (χ0n) is 23.0. The molecule has 208 valence electrons. The van der Waals surface area contributed by atoms with Crippen molar-refractivity contribution < 1.29 is 28.6 Å². The number of hydrogen-bond acceptors (Lipinski definition) is 6. The van der Waals surface area contributed by atoms with Crippen molar-refractivity contribution in [3.63, 3.8) is 0 Å². The molecule has 0 aliphatic rings. The van der Waals surface area contributed by atoms with Gasteiger partial charge >= 0.3 is 18.0 Å². The highest BCUT2D eigenvalue weighted by Crippen LogP contribution is 2.24. The highest BCUT2D eigenvalue weighted by Gasteiger charge is 2.26. The largest absolute Gasteiger partial charge is 0.459 e. The monoisotopic (exact) mass is 542 g/mol. The second-order valence-electron chi connectivity index (χ2n) is 10.4. The van der Waals surface area contributed by atoms with Gasteiger partial charge in [0.05, 0.1) is 0 Å². The number of para-hydroxylation sites is 1. The first kappa shape index (κ1) is 28.4. The van der Waals surface area contributed by atoms with E-state index in [1.54, 1.807) is 4.57 Å². The Bertz CT molecular complexity index is 1440. The minimum Gasteiger partial charge on any atom is -0.459 e. The number of ether oxygens (including phenoxy) is 3. The molecule has 0 saturated heterocycles. The lowest BCUT2D eigenvalue weighted by Gasteiger charge is -2.19. The van der Waals surface area contributed by atoms with Crippen LogP contribution in [0.5, 0.6) is 0 Å². The summed E-state index contributed by atoms with van der Waals surface area (Å²) >= 11 is 0. The van der Waals surface area contributed by atoms with Crippen molar-refractivity contribution in [3.8, 4) is 0 Å². The summed E-state index contributed by atoms with van der Waals surface area (Å²) in [6.45, 7) is 5.59. The molecule has 1 atom stereocenters. The van der Waals surface area contributed by atoms with Crippen molar-refractivity contribution >= 4 is 28.9 Å². The maximum Gasteiger partial charge on any atom is 0.408 e. The summed E-state index contributed by atoms with van der Waals surface area (Å²) in [4.78, 5) is 38.5. The Morgan fingerprint density at radius 3 is 2.00 bits per heavy atom. The van der Waals surface area contributed by atoms with Crippen LogP contribution in [0.25, 0.3) is 10.9 Å². The van der Waals surface area contributed by atoms with Gasteiger partial charge in [-0.1, -0.05) is 78.9 Å². The van der Waals surface area contributed by atoms with Gasteiger partial charge in [-0.05, 0) is 43.5 Å². The fourth-order valence-corrected chi connectivity index (χ4v) is 4.28. The van der Waals surface area contributed by atoms with Gasteiger partial charge in [0.15, 0.2) is 0 Å². The minimum atomic E-state index is -1.02. The van der Waals surface area contributed by atoms with E-state index in [2.05, 4.69) is 5.32 Å². The molecule has 0 spiro atoms. The molecule has 0 radical (unpaired) electrons. The van der Waals surface area contributed by atoms with Crippen LogP contribution in [0.1, 0.15) is 37.5 Å². The summed E-state index contributed by atoms with van der Waals surface area (Å²) < 4.78 is 18.2. The van der Waals surface area contributed by atoms with E-state index in [1.165, 1.54) is 0 Å². The van der Waals surface area contributed by atoms with Gasteiger partial charge in [-0.15, -0.1) is 0 Å². The van der Waals surface area contributed by atoms with Crippen LogP contribution in [0, 0.1) is 0 Å². The summed E-state index contributed by atoms with van der Waals surface area (Å²) in [5, 5.41) is 3.53. The zero-order valence-corrected chi connectivity index (χ0v) is 23.0. The first-order chi connectivity index (χ1) is 19.2. The van der Waals surface area contributed by atoms with Crippen molar-refractivity contribution in [1.82, 2.24) is 9.88 Å². The van der Waals surface area contributed by atoms with Gasteiger partial charge in [0, 0.05) is 23.5 Å². The van der Waals surface area contributed by atoms with Gasteiger partial charge in [0.1, 0.15) is 31.4 Å². The number of rotatable bonds is 10. The maximum atomic E-state index is 13.2. The fraction of sp³-hybridized carbons (Fsp3) is 0.281. The van der Waals surface area contributed by atoms with Crippen LogP contribution in [0.4, 0.5) is 4.79 Å². The van der Waals surface area contributed by atoms with Gasteiger partial charge in [0.2, 0.25) is 0 Å². The molecule has 4 aromatic rings. The predicted molar refractivity (Wildman–Crippen MR) is 151 cm³/mol. The van der Waals surface area contributed by atoms with E-state index in [9.17, 15) is 14.4 Å². The molecule has 1 heterocycles. The van der Waals surface area contributed by atoms with Crippen molar-refractivity contribution in [2.45, 2.75) is 58.6 Å². The number of nitrogens with zero attached hydrogens (tertiary/aromatic N) is 1. The fourth-order valence-electron chi connectivity index (χ4n) is 4.28. The van der Waals surface area contributed by atoms with E-state index in [0.29, 0.717) is 0 Å². The van der Waals surface area contributed by atoms with Gasteiger partial charge < -0.3 is 24.1 Å². The van der Waals surface area contributed by atoms with E-state index < -0.39 is 23.7 Å². The Balaban J connectivity index is 1.53. The third kappa shape index (κ3) is 8.20. The summed E-state index contributed by atoms with van der Waals surface area (Å²) in [6, 6.07) is 25.1. The molecular formula is C32H34N2O6. The lowest BCUT2D eigenvalue weighted by atomic mass is 10.1. The number of carbonyl (C=O) groups excluding carboxylic acids is 3. The second-order valence-corrected chi connectivity index (χ2v) is 10.4. The zero-order chi connectivity index (χ0) is 28.5. The molecule has 1 N–H and O–H groups in total. The molecular weight excluding hydrogens is 508 g/mol. The third-order valence-corrected chi connectivity index (χ3v) is 6.03. The average molecular weight is 543 g/mol. The number of amides is 1. The summed E-state index contributed by atoms with van der Waals surface area (Å²) in [5.41, 5.74) is 2.62. The standard InChI is InChI=1S/C32H34N2O6/c1-32(2,3)40-29(35)20-34-19-25(26-16-10-11-17-28(26)34)18-27(30(36)38-21-23-12-6-4-7-13-23)33-31(37)39-22-24-14-8-5-9-15-24/h4-17,19,27H,18,20-22H2,1-3H3,(H,33,37)/t27-/m0/s1. The molecule has 0 bridgehead atoms. The minimum absolute atomic E-state index is 0.00739. The van der Waals surface area contributed by atoms with Crippen molar-refractivity contribution in [3.05, 3.63) is 108 Å². The normalized spacial score (nSPS) is 12.0. The van der Waals surface area contributed by atoms with Crippen LogP contribution in [-0.4, -0.2) is 34.2 Å². The van der Waals surface area contributed by atoms with Gasteiger partial charge in [-0.25, -0.2) is 9.59 Å². The predicted octanol–water partition coefficient (Wildman–Crippen LogP) is 5.56. The Labute approximate surface area is 233 Å². The summed E-state index contributed by atoms with van der Waals surface area (Å²) in [7, 11) is 0. The third-order valence-electron chi connectivity index (χ3n) is 6.03. The van der Waals surface area contributed by atoms with Crippen LogP contribution in [-0.2, 0) is 50.0 Å². The van der Waals surface area contributed by atoms with Gasteiger partial charge in [-0.3, -0.25) is 4.79 Å². The van der Waals surface area contributed by atoms with E-state index in [0.717, 1.165) is 27.6 Å². The molecule has 3 aromatic carbocycles. The number of hydrogen-bond donors (Lipinski definition) is 1. The molecule has 40 heavy (non-hydrogen) atoms. The van der Waals surface area contributed by atoms with Crippen molar-refractivity contribution in [2.75, 3.05) is 0 Å². The molecule has 0 saturated carbocycles. The quantitative estimate of drug-likeness (QED) is 0.208. The average Bonchev–Trinajstić information content (AvgIpc) is 3.27. The van der Waals surface area contributed by atoms with Gasteiger partial charge in [0.25, 0.3) is 0 Å². The molecule has 0 aliphatic carbocycles. The number of nitrogens with one attached hydrogen (secondary N) is 1. The number of carbonyl (C=O) groups is 3.